The second-order valence-electron chi connectivity index (χ2n) is 4.41. The number of hydrogen-bond donors (Lipinski definition) is 1. The topological polar surface area (TPSA) is 47.3 Å². The Labute approximate surface area is 88.9 Å². The third-order valence-electron chi connectivity index (χ3n) is 3.41. The van der Waals surface area contributed by atoms with Gasteiger partial charge in [-0.25, -0.2) is 4.98 Å². The van der Waals surface area contributed by atoms with Crippen LogP contribution in [-0.2, 0) is 11.3 Å². The molecule has 0 aliphatic carbocycles. The summed E-state index contributed by atoms with van der Waals surface area (Å²) in [6.07, 6.45) is 4.49. The molecule has 0 aromatic carbocycles. The van der Waals surface area contributed by atoms with Crippen LogP contribution in [-0.4, -0.2) is 27.9 Å². The normalized spacial score (nSPS) is 30.5. The van der Waals surface area contributed by atoms with Gasteiger partial charge in [0.25, 0.3) is 0 Å². The number of aromatic nitrogens is 2. The minimum Gasteiger partial charge on any atom is -0.387 e. The van der Waals surface area contributed by atoms with E-state index in [1.165, 1.54) is 0 Å². The number of fused-ring (bicyclic) bond motifs is 1. The van der Waals surface area contributed by atoms with E-state index in [9.17, 15) is 5.11 Å². The number of ether oxygens (including phenoxy) is 1. The molecule has 0 spiro atoms. The van der Waals surface area contributed by atoms with Gasteiger partial charge in [0.2, 0.25) is 0 Å². The molecule has 2 aliphatic heterocycles. The smallest absolute Gasteiger partial charge is 0.114 e. The largest absolute Gasteiger partial charge is 0.387 e. The summed E-state index contributed by atoms with van der Waals surface area (Å²) >= 11 is 0. The lowest BCUT2D eigenvalue weighted by molar-refractivity contribution is 0.137. The molecule has 1 N–H and O–H groups in total. The summed E-state index contributed by atoms with van der Waals surface area (Å²) in [6.45, 7) is 2.63. The van der Waals surface area contributed by atoms with Gasteiger partial charge < -0.3 is 14.4 Å². The van der Waals surface area contributed by atoms with Crippen LogP contribution in [0.2, 0.25) is 0 Å². The van der Waals surface area contributed by atoms with E-state index in [2.05, 4.69) is 9.55 Å². The van der Waals surface area contributed by atoms with Crippen molar-refractivity contribution in [3.8, 4) is 0 Å². The van der Waals surface area contributed by atoms with Crippen LogP contribution >= 0.6 is 0 Å². The number of rotatable bonds is 1. The Bertz CT molecular complexity index is 355. The maximum absolute atomic E-state index is 9.83. The third kappa shape index (κ3) is 1.48. The highest BCUT2D eigenvalue weighted by molar-refractivity contribution is 5.14. The van der Waals surface area contributed by atoms with E-state index in [0.29, 0.717) is 5.92 Å². The lowest BCUT2D eigenvalue weighted by Crippen LogP contribution is -2.18. The zero-order valence-corrected chi connectivity index (χ0v) is 8.72. The Morgan fingerprint density at radius 3 is 3.20 bits per heavy atom. The first kappa shape index (κ1) is 9.36. The molecule has 2 unspecified atom stereocenters. The van der Waals surface area contributed by atoms with Crippen LogP contribution in [0.15, 0.2) is 6.20 Å². The fourth-order valence-corrected chi connectivity index (χ4v) is 2.57. The van der Waals surface area contributed by atoms with Crippen molar-refractivity contribution in [2.45, 2.75) is 37.8 Å². The number of imidazole rings is 1. The first-order chi connectivity index (χ1) is 7.36. The van der Waals surface area contributed by atoms with Crippen LogP contribution in [0.5, 0.6) is 0 Å². The summed E-state index contributed by atoms with van der Waals surface area (Å²) in [7, 11) is 0. The van der Waals surface area contributed by atoms with E-state index < -0.39 is 0 Å². The summed E-state index contributed by atoms with van der Waals surface area (Å²) in [5.41, 5.74) is 0.989. The molecular weight excluding hydrogens is 192 g/mol. The van der Waals surface area contributed by atoms with Crippen LogP contribution in [0.3, 0.4) is 0 Å². The number of aliphatic hydroxyl groups is 1. The monoisotopic (exact) mass is 208 g/mol. The predicted molar refractivity (Wildman–Crippen MR) is 54.6 cm³/mol. The minimum atomic E-state index is -0.317. The van der Waals surface area contributed by atoms with E-state index in [-0.39, 0.29) is 6.10 Å². The Balaban J connectivity index is 1.95. The molecule has 15 heavy (non-hydrogen) atoms. The molecule has 1 saturated heterocycles. The molecule has 0 bridgehead atoms. The molecule has 0 amide bonds. The molecule has 2 aliphatic rings. The fourth-order valence-electron chi connectivity index (χ4n) is 2.57. The van der Waals surface area contributed by atoms with E-state index in [1.807, 2.05) is 6.20 Å². The molecule has 3 heterocycles. The van der Waals surface area contributed by atoms with Gasteiger partial charge in [-0.05, 0) is 19.3 Å². The van der Waals surface area contributed by atoms with Gasteiger partial charge in [-0.2, -0.15) is 0 Å². The van der Waals surface area contributed by atoms with Crippen molar-refractivity contribution in [2.75, 3.05) is 13.2 Å². The highest BCUT2D eigenvalue weighted by Crippen LogP contribution is 2.31. The zero-order valence-electron chi connectivity index (χ0n) is 8.72. The van der Waals surface area contributed by atoms with Crippen molar-refractivity contribution in [2.24, 2.45) is 0 Å². The van der Waals surface area contributed by atoms with Crippen LogP contribution in [0.1, 0.15) is 42.8 Å². The van der Waals surface area contributed by atoms with Crippen molar-refractivity contribution >= 4 is 0 Å². The fraction of sp³-hybridized carbons (Fsp3) is 0.727. The van der Waals surface area contributed by atoms with E-state index in [4.69, 9.17) is 4.74 Å². The molecule has 4 heteroatoms. The van der Waals surface area contributed by atoms with Crippen molar-refractivity contribution in [3.05, 3.63) is 17.7 Å². The summed E-state index contributed by atoms with van der Waals surface area (Å²) in [5.74, 6) is 1.55. The number of hydrogen-bond acceptors (Lipinski definition) is 3. The Hall–Kier alpha value is -0.870. The van der Waals surface area contributed by atoms with E-state index in [0.717, 1.165) is 50.5 Å². The van der Waals surface area contributed by atoms with Crippen LogP contribution in [0.25, 0.3) is 0 Å². The molecule has 4 nitrogen and oxygen atoms in total. The molecule has 1 fully saturated rings. The second kappa shape index (κ2) is 3.61. The van der Waals surface area contributed by atoms with Gasteiger partial charge in [0.1, 0.15) is 5.82 Å². The van der Waals surface area contributed by atoms with Gasteiger partial charge in [-0.1, -0.05) is 0 Å². The summed E-state index contributed by atoms with van der Waals surface area (Å²) < 4.78 is 7.57. The SMILES string of the molecule is OC1CCCn2c1cnc2C1CCOC1. The van der Waals surface area contributed by atoms with Crippen molar-refractivity contribution in [1.29, 1.82) is 0 Å². The maximum atomic E-state index is 9.83. The van der Waals surface area contributed by atoms with Crippen LogP contribution < -0.4 is 0 Å². The van der Waals surface area contributed by atoms with Crippen molar-refractivity contribution in [1.82, 2.24) is 9.55 Å². The van der Waals surface area contributed by atoms with Crippen LogP contribution in [0.4, 0.5) is 0 Å². The van der Waals surface area contributed by atoms with Gasteiger partial charge in [0, 0.05) is 19.1 Å². The third-order valence-corrected chi connectivity index (χ3v) is 3.41. The first-order valence-electron chi connectivity index (χ1n) is 5.67. The summed E-state index contributed by atoms with van der Waals surface area (Å²) in [6, 6.07) is 0. The molecule has 2 atom stereocenters. The first-order valence-corrected chi connectivity index (χ1v) is 5.67. The second-order valence-corrected chi connectivity index (χ2v) is 4.41. The highest BCUT2D eigenvalue weighted by atomic mass is 16.5. The Morgan fingerprint density at radius 1 is 1.47 bits per heavy atom. The van der Waals surface area contributed by atoms with Gasteiger partial charge in [0.15, 0.2) is 0 Å². The number of nitrogens with zero attached hydrogens (tertiary/aromatic N) is 2. The highest BCUT2D eigenvalue weighted by Gasteiger charge is 2.27. The molecule has 1 aromatic heterocycles. The lowest BCUT2D eigenvalue weighted by atomic mass is 10.1. The van der Waals surface area contributed by atoms with E-state index >= 15 is 0 Å². The summed E-state index contributed by atoms with van der Waals surface area (Å²) in [5, 5.41) is 9.83. The molecule has 0 saturated carbocycles. The van der Waals surface area contributed by atoms with Gasteiger partial charge >= 0.3 is 0 Å². The molecule has 3 rings (SSSR count). The average molecular weight is 208 g/mol. The zero-order chi connectivity index (χ0) is 10.3. The number of aliphatic hydroxyl groups excluding tert-OH is 1. The minimum absolute atomic E-state index is 0.317. The van der Waals surface area contributed by atoms with Crippen molar-refractivity contribution < 1.29 is 9.84 Å². The van der Waals surface area contributed by atoms with Crippen LogP contribution in [0, 0.1) is 0 Å². The van der Waals surface area contributed by atoms with Gasteiger partial charge in [-0.15, -0.1) is 0 Å². The van der Waals surface area contributed by atoms with Gasteiger partial charge in [0.05, 0.1) is 24.6 Å². The Morgan fingerprint density at radius 2 is 2.40 bits per heavy atom. The van der Waals surface area contributed by atoms with Gasteiger partial charge in [-0.3, -0.25) is 0 Å². The standard InChI is InChI=1S/C11H16N2O2/c14-10-2-1-4-13-9(10)6-12-11(13)8-3-5-15-7-8/h6,8,10,14H,1-5,7H2. The molecule has 0 radical (unpaired) electrons. The summed E-state index contributed by atoms with van der Waals surface area (Å²) in [4.78, 5) is 4.45. The molecular formula is C11H16N2O2. The maximum Gasteiger partial charge on any atom is 0.114 e. The Kier molecular flexibility index (Phi) is 2.25. The average Bonchev–Trinajstić information content (AvgIpc) is 2.85. The molecule has 1 aromatic rings. The quantitative estimate of drug-likeness (QED) is 0.754. The van der Waals surface area contributed by atoms with Crippen molar-refractivity contribution in [3.63, 3.8) is 0 Å². The lowest BCUT2D eigenvalue weighted by Gasteiger charge is -2.22. The molecule has 82 valence electrons. The predicted octanol–water partition coefficient (Wildman–Crippen LogP) is 1.21. The van der Waals surface area contributed by atoms with E-state index in [1.54, 1.807) is 0 Å².